The molecule has 0 aromatic carbocycles. The normalized spacial score (nSPS) is 40.0. The summed E-state index contributed by atoms with van der Waals surface area (Å²) in [6.07, 6.45) is 0. The van der Waals surface area contributed by atoms with Gasteiger partial charge in [-0.3, -0.25) is 10.1 Å². The molecule has 0 bridgehead atoms. The van der Waals surface area contributed by atoms with E-state index >= 15 is 0 Å². The van der Waals surface area contributed by atoms with Gasteiger partial charge in [0, 0.05) is 5.75 Å². The van der Waals surface area contributed by atoms with Crippen LogP contribution in [0.3, 0.4) is 0 Å². The third kappa shape index (κ3) is 1.62. The predicted molar refractivity (Wildman–Crippen MR) is 37.6 cm³/mol. The Labute approximate surface area is 62.6 Å². The first kappa shape index (κ1) is 7.84. The Balaban J connectivity index is 2.51. The van der Waals surface area contributed by atoms with Crippen LogP contribution in [0.2, 0.25) is 0 Å². The lowest BCUT2D eigenvalue weighted by atomic mass is 10.3. The molecule has 3 N–H and O–H groups in total. The van der Waals surface area contributed by atoms with E-state index in [0.717, 1.165) is 0 Å². The van der Waals surface area contributed by atoms with Crippen LogP contribution in [0.15, 0.2) is 0 Å². The second-order valence-corrected chi connectivity index (χ2v) is 3.75. The lowest BCUT2D eigenvalue weighted by molar-refractivity contribution is -0.139. The van der Waals surface area contributed by atoms with E-state index < -0.39 is 17.1 Å². The minimum atomic E-state index is -1.07. The van der Waals surface area contributed by atoms with Crippen LogP contribution in [0.4, 0.5) is 0 Å². The fraction of sp³-hybridized carbons (Fsp3) is 0.800. The summed E-state index contributed by atoms with van der Waals surface area (Å²) in [5.74, 6) is -0.493. The number of hydrogen-bond donors (Lipinski definition) is 3. The maximum Gasteiger partial charge on any atom is 0.321 e. The summed E-state index contributed by atoms with van der Waals surface area (Å²) in [7, 11) is 0. The average Bonchev–Trinajstić information content (AvgIpc) is 2.10. The van der Waals surface area contributed by atoms with Crippen LogP contribution in [-0.4, -0.2) is 33.0 Å². The lowest BCUT2D eigenvalue weighted by Crippen LogP contribution is -2.42. The second-order valence-electron chi connectivity index (χ2n) is 2.33. The Morgan fingerprint density at radius 1 is 1.90 bits per heavy atom. The van der Waals surface area contributed by atoms with Crippen molar-refractivity contribution in [1.29, 1.82) is 0 Å². The van der Waals surface area contributed by atoms with Gasteiger partial charge in [0.2, 0.25) is 0 Å². The van der Waals surface area contributed by atoms with Gasteiger partial charge >= 0.3 is 5.97 Å². The predicted octanol–water partition coefficient (Wildman–Crippen LogP) is -0.558. The second kappa shape index (κ2) is 2.41. The number of carboxylic acid groups (broad SMARTS) is 1. The largest absolute Gasteiger partial charge is 0.480 e. The number of aliphatic hydroxyl groups is 1. The molecule has 10 heavy (non-hydrogen) atoms. The summed E-state index contributed by atoms with van der Waals surface area (Å²) < 4.78 is 0. The van der Waals surface area contributed by atoms with Gasteiger partial charge in [-0.05, 0) is 6.92 Å². The molecule has 1 unspecified atom stereocenters. The van der Waals surface area contributed by atoms with Crippen molar-refractivity contribution in [3.8, 4) is 0 Å². The summed E-state index contributed by atoms with van der Waals surface area (Å²) >= 11 is 1.20. The quantitative estimate of drug-likeness (QED) is 0.483. The first-order valence-corrected chi connectivity index (χ1v) is 3.87. The Hall–Kier alpha value is -0.260. The molecule has 1 fully saturated rings. The fourth-order valence-electron chi connectivity index (χ4n) is 0.785. The average molecular weight is 163 g/mol. The molecule has 0 spiro atoms. The van der Waals surface area contributed by atoms with Crippen molar-refractivity contribution in [2.24, 2.45) is 0 Å². The molecule has 1 aliphatic rings. The number of hydrogen-bond acceptors (Lipinski definition) is 4. The molecule has 4 nitrogen and oxygen atoms in total. The zero-order chi connectivity index (χ0) is 7.78. The van der Waals surface area contributed by atoms with Gasteiger partial charge in [0.1, 0.15) is 6.04 Å². The summed E-state index contributed by atoms with van der Waals surface area (Å²) in [4.78, 5) is 10.3. The van der Waals surface area contributed by atoms with E-state index in [1.807, 2.05) is 0 Å². The van der Waals surface area contributed by atoms with Gasteiger partial charge in [-0.2, -0.15) is 0 Å². The maximum atomic E-state index is 10.3. The van der Waals surface area contributed by atoms with Gasteiger partial charge in [0.15, 0.2) is 5.06 Å². The summed E-state index contributed by atoms with van der Waals surface area (Å²) in [5.41, 5.74) is 0. The van der Waals surface area contributed by atoms with Crippen LogP contribution in [0.5, 0.6) is 0 Å². The van der Waals surface area contributed by atoms with Crippen molar-refractivity contribution in [3.05, 3.63) is 0 Å². The first-order valence-electron chi connectivity index (χ1n) is 2.88. The zero-order valence-corrected chi connectivity index (χ0v) is 6.31. The van der Waals surface area contributed by atoms with E-state index in [2.05, 4.69) is 5.32 Å². The SMILES string of the molecule is CC1(O)N[C@H](C(=O)O)CS1. The number of carboxylic acids is 1. The minimum absolute atomic E-state index is 0.419. The Morgan fingerprint density at radius 2 is 2.50 bits per heavy atom. The van der Waals surface area contributed by atoms with Crippen LogP contribution < -0.4 is 5.32 Å². The van der Waals surface area contributed by atoms with Crippen molar-refractivity contribution >= 4 is 17.7 Å². The van der Waals surface area contributed by atoms with E-state index in [1.54, 1.807) is 6.92 Å². The van der Waals surface area contributed by atoms with E-state index in [-0.39, 0.29) is 0 Å². The van der Waals surface area contributed by atoms with Gasteiger partial charge < -0.3 is 10.2 Å². The van der Waals surface area contributed by atoms with Crippen molar-refractivity contribution in [1.82, 2.24) is 5.32 Å². The minimum Gasteiger partial charge on any atom is -0.480 e. The van der Waals surface area contributed by atoms with Gasteiger partial charge in [-0.25, -0.2) is 0 Å². The van der Waals surface area contributed by atoms with Gasteiger partial charge in [-0.1, -0.05) is 0 Å². The van der Waals surface area contributed by atoms with Crippen molar-refractivity contribution in [2.45, 2.75) is 18.0 Å². The highest BCUT2D eigenvalue weighted by atomic mass is 32.2. The molecule has 0 amide bonds. The van der Waals surface area contributed by atoms with Crippen molar-refractivity contribution in [2.75, 3.05) is 5.75 Å². The van der Waals surface area contributed by atoms with Crippen LogP contribution in [0.25, 0.3) is 0 Å². The highest BCUT2D eigenvalue weighted by Gasteiger charge is 2.36. The van der Waals surface area contributed by atoms with E-state index in [1.165, 1.54) is 11.8 Å². The molecule has 1 saturated heterocycles. The van der Waals surface area contributed by atoms with Crippen LogP contribution >= 0.6 is 11.8 Å². The smallest absolute Gasteiger partial charge is 0.321 e. The van der Waals surface area contributed by atoms with E-state index in [9.17, 15) is 9.90 Å². The van der Waals surface area contributed by atoms with Crippen LogP contribution in [0.1, 0.15) is 6.92 Å². The third-order valence-electron chi connectivity index (χ3n) is 1.27. The molecule has 0 aromatic rings. The van der Waals surface area contributed by atoms with Gasteiger partial charge in [-0.15, -0.1) is 11.8 Å². The topological polar surface area (TPSA) is 69.6 Å². The molecule has 1 heterocycles. The number of rotatable bonds is 1. The molecule has 58 valence electrons. The zero-order valence-electron chi connectivity index (χ0n) is 5.50. The highest BCUT2D eigenvalue weighted by molar-refractivity contribution is 8.00. The molecule has 0 saturated carbocycles. The summed E-state index contributed by atoms with van der Waals surface area (Å²) in [5, 5.41) is 19.1. The Kier molecular flexibility index (Phi) is 1.89. The molecular weight excluding hydrogens is 154 g/mol. The van der Waals surface area contributed by atoms with Gasteiger partial charge in [0.25, 0.3) is 0 Å². The first-order chi connectivity index (χ1) is 4.51. The Bertz CT molecular complexity index is 159. The highest BCUT2D eigenvalue weighted by Crippen LogP contribution is 2.26. The molecule has 2 atom stereocenters. The van der Waals surface area contributed by atoms with Crippen LogP contribution in [-0.2, 0) is 4.79 Å². The van der Waals surface area contributed by atoms with Crippen LogP contribution in [0, 0.1) is 0 Å². The maximum absolute atomic E-state index is 10.3. The number of carbonyl (C=O) groups is 1. The van der Waals surface area contributed by atoms with Crippen molar-refractivity contribution in [3.63, 3.8) is 0 Å². The third-order valence-corrected chi connectivity index (χ3v) is 2.45. The summed E-state index contributed by atoms with van der Waals surface area (Å²) in [6, 6.07) is -0.611. The van der Waals surface area contributed by atoms with E-state index in [4.69, 9.17) is 5.11 Å². The molecule has 0 aliphatic carbocycles. The molecule has 5 heteroatoms. The monoisotopic (exact) mass is 163 g/mol. The molecule has 0 aromatic heterocycles. The van der Waals surface area contributed by atoms with Gasteiger partial charge in [0.05, 0.1) is 0 Å². The number of aliphatic carboxylic acids is 1. The Morgan fingerprint density at radius 3 is 2.70 bits per heavy atom. The summed E-state index contributed by atoms with van der Waals surface area (Å²) in [6.45, 7) is 1.54. The number of thioether (sulfide) groups is 1. The molecule has 1 rings (SSSR count). The van der Waals surface area contributed by atoms with E-state index in [0.29, 0.717) is 5.75 Å². The standard InChI is InChI=1S/C5H9NO3S/c1-5(9)6-3(2-10-5)4(7)8/h3,6,9H,2H2,1H3,(H,7,8)/t3-,5?/m0/s1. The molecule has 1 aliphatic heterocycles. The number of nitrogens with one attached hydrogen (secondary N) is 1. The fourth-order valence-corrected chi connectivity index (χ4v) is 1.73. The molecular formula is C5H9NO3S. The lowest BCUT2D eigenvalue weighted by Gasteiger charge is -2.15. The molecule has 0 radical (unpaired) electrons. The van der Waals surface area contributed by atoms with Crippen molar-refractivity contribution < 1.29 is 15.0 Å².